The van der Waals surface area contributed by atoms with Gasteiger partial charge in [-0.1, -0.05) is 59.3 Å². The summed E-state index contributed by atoms with van der Waals surface area (Å²) in [7, 11) is 3.99. The SMILES string of the molecule is CN(C)CCN(C(=O)Cc1ccccc1)c1nc2c(Cl)cccc2s1.Cl. The van der Waals surface area contributed by atoms with Crippen LogP contribution in [0.1, 0.15) is 5.56 Å². The van der Waals surface area contributed by atoms with Crippen LogP contribution in [0.4, 0.5) is 5.13 Å². The third-order valence-electron chi connectivity index (χ3n) is 3.86. The van der Waals surface area contributed by atoms with Gasteiger partial charge in [0.05, 0.1) is 16.1 Å². The third kappa shape index (κ3) is 4.95. The summed E-state index contributed by atoms with van der Waals surface area (Å²) in [6.45, 7) is 1.36. The van der Waals surface area contributed by atoms with Crippen LogP contribution in [-0.2, 0) is 11.2 Å². The molecular formula is C19H21Cl2N3OS. The zero-order chi connectivity index (χ0) is 17.8. The van der Waals surface area contributed by atoms with Crippen LogP contribution in [0.25, 0.3) is 10.2 Å². The molecular weight excluding hydrogens is 389 g/mol. The van der Waals surface area contributed by atoms with Gasteiger partial charge in [0.25, 0.3) is 0 Å². The van der Waals surface area contributed by atoms with Crippen LogP contribution in [0.3, 0.4) is 0 Å². The van der Waals surface area contributed by atoms with Crippen LogP contribution < -0.4 is 4.90 Å². The van der Waals surface area contributed by atoms with Gasteiger partial charge in [0, 0.05) is 13.1 Å². The molecule has 1 amide bonds. The maximum atomic E-state index is 12.9. The van der Waals surface area contributed by atoms with E-state index in [9.17, 15) is 4.79 Å². The first-order valence-electron chi connectivity index (χ1n) is 8.08. The Bertz CT molecular complexity index is 868. The lowest BCUT2D eigenvalue weighted by Gasteiger charge is -2.22. The van der Waals surface area contributed by atoms with Gasteiger partial charge in [-0.25, -0.2) is 4.98 Å². The van der Waals surface area contributed by atoms with Gasteiger partial charge in [-0.05, 0) is 31.8 Å². The molecule has 0 saturated carbocycles. The molecule has 0 bridgehead atoms. The van der Waals surface area contributed by atoms with E-state index in [1.165, 1.54) is 11.3 Å². The van der Waals surface area contributed by atoms with Crippen molar-refractivity contribution in [1.29, 1.82) is 0 Å². The summed E-state index contributed by atoms with van der Waals surface area (Å²) in [6, 6.07) is 15.5. The predicted molar refractivity (Wildman–Crippen MR) is 113 cm³/mol. The molecule has 26 heavy (non-hydrogen) atoms. The lowest BCUT2D eigenvalue weighted by molar-refractivity contribution is -0.118. The maximum absolute atomic E-state index is 12.9. The monoisotopic (exact) mass is 409 g/mol. The van der Waals surface area contributed by atoms with E-state index in [0.717, 1.165) is 22.3 Å². The largest absolute Gasteiger partial charge is 0.308 e. The number of aromatic nitrogens is 1. The quantitative estimate of drug-likeness (QED) is 0.600. The van der Waals surface area contributed by atoms with Crippen LogP contribution >= 0.6 is 35.3 Å². The van der Waals surface area contributed by atoms with Crippen molar-refractivity contribution in [2.45, 2.75) is 6.42 Å². The van der Waals surface area contributed by atoms with Gasteiger partial charge >= 0.3 is 0 Å². The van der Waals surface area contributed by atoms with Gasteiger partial charge < -0.3 is 4.90 Å². The van der Waals surface area contributed by atoms with E-state index in [0.29, 0.717) is 23.1 Å². The third-order valence-corrected chi connectivity index (χ3v) is 5.21. The number of para-hydroxylation sites is 1. The Labute approximate surface area is 168 Å². The highest BCUT2D eigenvalue weighted by molar-refractivity contribution is 7.22. The minimum Gasteiger partial charge on any atom is -0.308 e. The first-order chi connectivity index (χ1) is 12.0. The Hall–Kier alpha value is -1.66. The molecule has 4 nitrogen and oxygen atoms in total. The second-order valence-electron chi connectivity index (χ2n) is 6.09. The van der Waals surface area contributed by atoms with Crippen molar-refractivity contribution < 1.29 is 4.79 Å². The number of amides is 1. The number of benzene rings is 2. The van der Waals surface area contributed by atoms with E-state index >= 15 is 0 Å². The number of hydrogen-bond acceptors (Lipinski definition) is 4. The molecule has 1 heterocycles. The Balaban J connectivity index is 0.00000243. The molecule has 7 heteroatoms. The lowest BCUT2D eigenvalue weighted by Crippen LogP contribution is -2.37. The molecule has 3 aromatic rings. The van der Waals surface area contributed by atoms with Gasteiger partial charge in [0.1, 0.15) is 5.52 Å². The fraction of sp³-hybridized carbons (Fsp3) is 0.263. The number of fused-ring (bicyclic) bond motifs is 1. The highest BCUT2D eigenvalue weighted by Crippen LogP contribution is 2.33. The highest BCUT2D eigenvalue weighted by Gasteiger charge is 2.20. The van der Waals surface area contributed by atoms with Gasteiger partial charge in [-0.2, -0.15) is 0 Å². The fourth-order valence-corrected chi connectivity index (χ4v) is 3.82. The average molecular weight is 410 g/mol. The molecule has 3 rings (SSSR count). The minimum atomic E-state index is 0. The molecule has 0 unspecified atom stereocenters. The smallest absolute Gasteiger partial charge is 0.233 e. The van der Waals surface area contributed by atoms with Crippen molar-refractivity contribution in [1.82, 2.24) is 9.88 Å². The molecule has 0 N–H and O–H groups in total. The lowest BCUT2D eigenvalue weighted by atomic mass is 10.1. The second-order valence-corrected chi connectivity index (χ2v) is 7.51. The molecule has 0 atom stereocenters. The number of carbonyl (C=O) groups excluding carboxylic acids is 1. The molecule has 138 valence electrons. The summed E-state index contributed by atoms with van der Waals surface area (Å²) in [5.74, 6) is 0.0447. The number of carbonyl (C=O) groups is 1. The minimum absolute atomic E-state index is 0. The number of thiazole rings is 1. The summed E-state index contributed by atoms with van der Waals surface area (Å²) in [5.41, 5.74) is 1.76. The number of hydrogen-bond donors (Lipinski definition) is 0. The molecule has 0 aliphatic heterocycles. The van der Waals surface area contributed by atoms with Crippen molar-refractivity contribution in [2.24, 2.45) is 0 Å². The summed E-state index contributed by atoms with van der Waals surface area (Å²) in [6.07, 6.45) is 0.359. The van der Waals surface area contributed by atoms with Crippen LogP contribution in [-0.4, -0.2) is 43.0 Å². The number of nitrogens with zero attached hydrogens (tertiary/aromatic N) is 3. The predicted octanol–water partition coefficient (Wildman–Crippen LogP) is 4.51. The van der Waals surface area contributed by atoms with Gasteiger partial charge in [-0.15, -0.1) is 12.4 Å². The molecule has 2 aromatic carbocycles. The maximum Gasteiger partial charge on any atom is 0.233 e. The average Bonchev–Trinajstić information content (AvgIpc) is 3.01. The van der Waals surface area contributed by atoms with Crippen LogP contribution in [0, 0.1) is 0 Å². The summed E-state index contributed by atoms with van der Waals surface area (Å²) in [5, 5.41) is 1.31. The zero-order valence-corrected chi connectivity index (χ0v) is 17.1. The van der Waals surface area contributed by atoms with E-state index in [4.69, 9.17) is 11.6 Å². The van der Waals surface area contributed by atoms with Crippen molar-refractivity contribution in [2.75, 3.05) is 32.1 Å². The van der Waals surface area contributed by atoms with Crippen LogP contribution in [0.5, 0.6) is 0 Å². The van der Waals surface area contributed by atoms with Crippen LogP contribution in [0.2, 0.25) is 5.02 Å². The van der Waals surface area contributed by atoms with Gasteiger partial charge in [0.2, 0.25) is 5.91 Å². The molecule has 0 aliphatic rings. The Morgan fingerprint density at radius 3 is 2.46 bits per heavy atom. The topological polar surface area (TPSA) is 36.4 Å². The van der Waals surface area contributed by atoms with E-state index in [1.807, 2.05) is 62.6 Å². The van der Waals surface area contributed by atoms with Crippen molar-refractivity contribution >= 4 is 56.6 Å². The normalized spacial score (nSPS) is 10.8. The number of likely N-dealkylation sites (N-methyl/N-ethyl adjacent to an activating group) is 1. The van der Waals surface area contributed by atoms with Crippen molar-refractivity contribution in [3.8, 4) is 0 Å². The van der Waals surface area contributed by atoms with E-state index in [-0.39, 0.29) is 18.3 Å². The summed E-state index contributed by atoms with van der Waals surface area (Å²) < 4.78 is 0.991. The second kappa shape index (κ2) is 9.33. The van der Waals surface area contributed by atoms with E-state index in [1.54, 1.807) is 4.90 Å². The molecule has 0 saturated heterocycles. The van der Waals surface area contributed by atoms with Crippen LogP contribution in [0.15, 0.2) is 48.5 Å². The zero-order valence-electron chi connectivity index (χ0n) is 14.7. The van der Waals surface area contributed by atoms with Gasteiger partial charge in [0.15, 0.2) is 5.13 Å². The standard InChI is InChI=1S/C19H20ClN3OS.ClH/c1-22(2)11-12-23(17(24)13-14-7-4-3-5-8-14)19-21-18-15(20)9-6-10-16(18)25-19;/h3-10H,11-13H2,1-2H3;1H. The first-order valence-corrected chi connectivity index (χ1v) is 9.28. The molecule has 0 spiro atoms. The molecule has 0 fully saturated rings. The molecule has 0 aliphatic carbocycles. The van der Waals surface area contributed by atoms with E-state index in [2.05, 4.69) is 9.88 Å². The van der Waals surface area contributed by atoms with Gasteiger partial charge in [-0.3, -0.25) is 9.69 Å². The fourth-order valence-electron chi connectivity index (χ4n) is 2.51. The first kappa shape index (κ1) is 20.6. The Morgan fingerprint density at radius 2 is 1.81 bits per heavy atom. The van der Waals surface area contributed by atoms with E-state index < -0.39 is 0 Å². The molecule has 1 aromatic heterocycles. The Morgan fingerprint density at radius 1 is 1.08 bits per heavy atom. The number of halogens is 2. The Kier molecular flexibility index (Phi) is 7.41. The van der Waals surface area contributed by atoms with Crippen molar-refractivity contribution in [3.63, 3.8) is 0 Å². The molecule has 0 radical (unpaired) electrons. The number of rotatable bonds is 6. The summed E-state index contributed by atoms with van der Waals surface area (Å²) in [4.78, 5) is 21.4. The highest BCUT2D eigenvalue weighted by atomic mass is 35.5. The van der Waals surface area contributed by atoms with Crippen molar-refractivity contribution in [3.05, 3.63) is 59.1 Å². The number of anilines is 1. The summed E-state index contributed by atoms with van der Waals surface area (Å²) >= 11 is 7.75.